The Hall–Kier alpha value is -2.22. The lowest BCUT2D eigenvalue weighted by atomic mass is 10.1. The highest BCUT2D eigenvalue weighted by Gasteiger charge is 2.26. The third-order valence-corrected chi connectivity index (χ3v) is 5.18. The van der Waals surface area contributed by atoms with Crippen molar-refractivity contribution in [2.75, 3.05) is 0 Å². The molecule has 6 nitrogen and oxygen atoms in total. The second-order valence-corrected chi connectivity index (χ2v) is 7.04. The monoisotopic (exact) mass is 367 g/mol. The number of carbonyl (C=O) groups excluding carboxylic acids is 1. The Bertz CT molecular complexity index is 866. The summed E-state index contributed by atoms with van der Waals surface area (Å²) in [5, 5.41) is 9.32. The molecule has 2 rings (SSSR count). The maximum atomic E-state index is 12.6. The maximum absolute atomic E-state index is 12.6. The van der Waals surface area contributed by atoms with E-state index in [9.17, 15) is 18.0 Å². The van der Waals surface area contributed by atoms with Crippen molar-refractivity contribution in [1.82, 2.24) is 4.72 Å². The number of carboxylic acids is 1. The number of aldehydes is 1. The van der Waals surface area contributed by atoms with E-state index in [2.05, 4.69) is 4.72 Å². The van der Waals surface area contributed by atoms with Crippen molar-refractivity contribution in [2.45, 2.75) is 17.4 Å². The summed E-state index contributed by atoms with van der Waals surface area (Å²) in [5.41, 5.74) is 0.326. The second kappa shape index (κ2) is 7.57. The lowest BCUT2D eigenvalue weighted by molar-refractivity contribution is -0.137. The highest BCUT2D eigenvalue weighted by atomic mass is 35.5. The van der Waals surface area contributed by atoms with Gasteiger partial charge in [0.2, 0.25) is 10.0 Å². The first-order chi connectivity index (χ1) is 11.3. The summed E-state index contributed by atoms with van der Waals surface area (Å²) in [6, 6.07) is 10.9. The van der Waals surface area contributed by atoms with E-state index in [4.69, 9.17) is 16.7 Å². The molecule has 0 aromatic heterocycles. The summed E-state index contributed by atoms with van der Waals surface area (Å²) in [7, 11) is -4.12. The first-order valence-electron chi connectivity index (χ1n) is 6.88. The van der Waals surface area contributed by atoms with Crippen LogP contribution >= 0.6 is 11.6 Å². The summed E-state index contributed by atoms with van der Waals surface area (Å²) in [5.74, 6) is -1.19. The molecule has 0 aliphatic heterocycles. The van der Waals surface area contributed by atoms with Gasteiger partial charge >= 0.3 is 5.97 Å². The molecule has 0 bridgehead atoms. The molecule has 0 fully saturated rings. The van der Waals surface area contributed by atoms with Gasteiger partial charge < -0.3 is 5.11 Å². The molecular formula is C16H14ClNO5S. The van der Waals surface area contributed by atoms with E-state index in [0.717, 1.165) is 0 Å². The molecule has 0 aliphatic rings. The Morgan fingerprint density at radius 2 is 1.79 bits per heavy atom. The number of halogens is 1. The molecule has 0 radical (unpaired) electrons. The van der Waals surface area contributed by atoms with Crippen molar-refractivity contribution in [3.05, 3.63) is 64.7 Å². The molecule has 1 atom stereocenters. The largest absolute Gasteiger partial charge is 0.481 e. The van der Waals surface area contributed by atoms with Gasteiger partial charge in [0.1, 0.15) is 0 Å². The van der Waals surface area contributed by atoms with E-state index in [0.29, 0.717) is 11.8 Å². The summed E-state index contributed by atoms with van der Waals surface area (Å²) < 4.78 is 27.5. The van der Waals surface area contributed by atoms with Gasteiger partial charge in [0.05, 0.1) is 17.4 Å². The van der Waals surface area contributed by atoms with Crippen LogP contribution in [0.25, 0.3) is 0 Å². The molecular weight excluding hydrogens is 354 g/mol. The number of benzene rings is 2. The van der Waals surface area contributed by atoms with E-state index in [1.54, 1.807) is 24.3 Å². The quantitative estimate of drug-likeness (QED) is 0.733. The second-order valence-electron chi connectivity index (χ2n) is 4.95. The molecule has 24 heavy (non-hydrogen) atoms. The first kappa shape index (κ1) is 18.1. The number of hydrogen-bond donors (Lipinski definition) is 2. The Morgan fingerprint density at radius 1 is 1.17 bits per heavy atom. The lowest BCUT2D eigenvalue weighted by Crippen LogP contribution is -2.31. The van der Waals surface area contributed by atoms with Crippen molar-refractivity contribution < 1.29 is 23.1 Å². The van der Waals surface area contributed by atoms with Crippen molar-refractivity contribution in [2.24, 2.45) is 0 Å². The Kier molecular flexibility index (Phi) is 5.71. The van der Waals surface area contributed by atoms with Gasteiger partial charge in [-0.3, -0.25) is 9.59 Å². The molecule has 8 heteroatoms. The minimum absolute atomic E-state index is 0.0155. The van der Waals surface area contributed by atoms with E-state index in [1.165, 1.54) is 24.3 Å². The fraction of sp³-hybridized carbons (Fsp3) is 0.125. The summed E-state index contributed by atoms with van der Waals surface area (Å²) in [6.45, 7) is 0. The zero-order valence-corrected chi connectivity index (χ0v) is 13.9. The Morgan fingerprint density at radius 3 is 2.42 bits per heavy atom. The molecule has 0 heterocycles. The molecule has 0 amide bonds. The van der Waals surface area contributed by atoms with Crippen LogP contribution in [0.15, 0.2) is 53.4 Å². The first-order valence-corrected chi connectivity index (χ1v) is 8.74. The molecule has 0 aliphatic carbocycles. The molecule has 0 saturated heterocycles. The molecule has 1 unspecified atom stereocenters. The van der Waals surface area contributed by atoms with Crippen LogP contribution in [0.5, 0.6) is 0 Å². The molecule has 126 valence electrons. The van der Waals surface area contributed by atoms with E-state index >= 15 is 0 Å². The zero-order valence-electron chi connectivity index (χ0n) is 12.3. The summed E-state index contributed by atoms with van der Waals surface area (Å²) in [4.78, 5) is 21.9. The van der Waals surface area contributed by atoms with Gasteiger partial charge in [0.25, 0.3) is 0 Å². The van der Waals surface area contributed by atoms with Crippen molar-refractivity contribution in [3.63, 3.8) is 0 Å². The minimum Gasteiger partial charge on any atom is -0.481 e. The van der Waals surface area contributed by atoms with E-state index in [1.807, 2.05) is 0 Å². The summed E-state index contributed by atoms with van der Waals surface area (Å²) in [6.07, 6.45) is -0.0670. The van der Waals surface area contributed by atoms with E-state index < -0.39 is 28.5 Å². The predicted octanol–water partition coefficient (Wildman–Crippen LogP) is 2.65. The smallest absolute Gasteiger partial charge is 0.305 e. The van der Waals surface area contributed by atoms with Gasteiger partial charge in [-0.05, 0) is 17.7 Å². The number of aliphatic carboxylic acids is 1. The average molecular weight is 368 g/mol. The topological polar surface area (TPSA) is 101 Å². The molecule has 0 saturated carbocycles. The molecule has 0 spiro atoms. The number of nitrogens with one attached hydrogen (secondary N) is 1. The lowest BCUT2D eigenvalue weighted by Gasteiger charge is -2.19. The fourth-order valence-electron chi connectivity index (χ4n) is 2.22. The van der Waals surface area contributed by atoms with Crippen LogP contribution in [0.4, 0.5) is 0 Å². The molecule has 2 N–H and O–H groups in total. The van der Waals surface area contributed by atoms with Crippen molar-refractivity contribution in [3.8, 4) is 0 Å². The third kappa shape index (κ3) is 4.19. The van der Waals surface area contributed by atoms with Gasteiger partial charge in [-0.15, -0.1) is 0 Å². The maximum Gasteiger partial charge on any atom is 0.305 e. The highest BCUT2D eigenvalue weighted by molar-refractivity contribution is 7.89. The standard InChI is InChI=1S/C16H14ClNO5S/c17-13-7-3-2-6-12(13)14(9-16(20)21)18-24(22,23)15-8-4-1-5-11(15)10-19/h1-8,10,14,18H,9H2,(H,20,21). The molecule has 2 aromatic rings. The van der Waals surface area contributed by atoms with Crippen LogP contribution in [0, 0.1) is 0 Å². The van der Waals surface area contributed by atoms with Gasteiger partial charge in [-0.2, -0.15) is 0 Å². The van der Waals surface area contributed by atoms with Crippen LogP contribution in [-0.4, -0.2) is 25.8 Å². The van der Waals surface area contributed by atoms with Crippen LogP contribution in [0.1, 0.15) is 28.4 Å². The summed E-state index contributed by atoms with van der Waals surface area (Å²) >= 11 is 6.05. The number of carboxylic acid groups (broad SMARTS) is 1. The van der Waals surface area contributed by atoms with Gasteiger partial charge in [0.15, 0.2) is 6.29 Å². The normalized spacial score (nSPS) is 12.5. The average Bonchev–Trinajstić information content (AvgIpc) is 2.54. The van der Waals surface area contributed by atoms with Crippen molar-refractivity contribution >= 4 is 33.9 Å². The highest BCUT2D eigenvalue weighted by Crippen LogP contribution is 2.27. The predicted molar refractivity (Wildman–Crippen MR) is 88.6 cm³/mol. The number of hydrogen-bond acceptors (Lipinski definition) is 4. The zero-order chi connectivity index (χ0) is 17.7. The van der Waals surface area contributed by atoms with E-state index in [-0.39, 0.29) is 15.5 Å². The fourth-order valence-corrected chi connectivity index (χ4v) is 3.88. The number of carbonyl (C=O) groups is 2. The Balaban J connectivity index is 2.44. The van der Waals surface area contributed by atoms with Crippen LogP contribution in [0.3, 0.4) is 0 Å². The third-order valence-electron chi connectivity index (χ3n) is 3.29. The Labute approximate surface area is 144 Å². The minimum atomic E-state index is -4.12. The van der Waals surface area contributed by atoms with Gasteiger partial charge in [-0.25, -0.2) is 13.1 Å². The van der Waals surface area contributed by atoms with Gasteiger partial charge in [0, 0.05) is 10.6 Å². The van der Waals surface area contributed by atoms with Crippen LogP contribution in [-0.2, 0) is 14.8 Å². The number of sulfonamides is 1. The van der Waals surface area contributed by atoms with Gasteiger partial charge in [-0.1, -0.05) is 48.0 Å². The molecule has 2 aromatic carbocycles. The number of rotatable bonds is 7. The van der Waals surface area contributed by atoms with Crippen molar-refractivity contribution in [1.29, 1.82) is 0 Å². The van der Waals surface area contributed by atoms with Crippen LogP contribution in [0.2, 0.25) is 5.02 Å². The van der Waals surface area contributed by atoms with Crippen LogP contribution < -0.4 is 4.72 Å². The SMILES string of the molecule is O=Cc1ccccc1S(=O)(=O)NC(CC(=O)O)c1ccccc1Cl.